The number of hydrogen-bond donors (Lipinski definition) is 0. The van der Waals surface area contributed by atoms with E-state index in [1.54, 1.807) is 62.4 Å². The van der Waals surface area contributed by atoms with Crippen LogP contribution in [0.5, 0.6) is 0 Å². The molecule has 0 unspecified atom stereocenters. The van der Waals surface area contributed by atoms with E-state index in [0.717, 1.165) is 0 Å². The van der Waals surface area contributed by atoms with Crippen LogP contribution in [0.15, 0.2) is 52.9 Å². The van der Waals surface area contributed by atoms with E-state index < -0.39 is 19.2 Å². The Morgan fingerprint density at radius 3 is 1.93 bits per heavy atom. The number of carbonyl (C=O) groups is 2. The molecule has 0 amide bonds. The van der Waals surface area contributed by atoms with Crippen molar-refractivity contribution < 1.29 is 27.6 Å². The SMILES string of the molecule is CCOP(=O)(OCC)c1c(-c2ccccc2Cl)oc2c1C(=O)c1ccccc1C2=O. The van der Waals surface area contributed by atoms with Gasteiger partial charge in [0.05, 0.1) is 23.8 Å². The summed E-state index contributed by atoms with van der Waals surface area (Å²) in [6.45, 7) is 3.46. The standard InChI is InChI=1S/C22H18ClO6P/c1-3-27-30(26,28-4-2)22-17-18(24)13-9-5-6-10-14(13)19(25)21(17)29-20(22)15-11-7-8-12-16(15)23/h5-12H,3-4H2,1-2H3. The van der Waals surface area contributed by atoms with Crippen LogP contribution in [-0.2, 0) is 13.6 Å². The highest BCUT2D eigenvalue weighted by Gasteiger charge is 2.45. The summed E-state index contributed by atoms with van der Waals surface area (Å²) in [6.07, 6.45) is 0. The van der Waals surface area contributed by atoms with Gasteiger partial charge in [0.25, 0.3) is 0 Å². The molecule has 1 aliphatic rings. The Balaban J connectivity index is 2.09. The van der Waals surface area contributed by atoms with Gasteiger partial charge < -0.3 is 13.5 Å². The summed E-state index contributed by atoms with van der Waals surface area (Å²) in [5.74, 6) is -1.11. The smallest absolute Gasteiger partial charge is 0.366 e. The molecule has 0 aliphatic heterocycles. The Labute approximate surface area is 178 Å². The van der Waals surface area contributed by atoms with E-state index in [2.05, 4.69) is 0 Å². The van der Waals surface area contributed by atoms with Crippen LogP contribution in [0.2, 0.25) is 5.02 Å². The van der Waals surface area contributed by atoms with Crippen molar-refractivity contribution in [3.63, 3.8) is 0 Å². The maximum absolute atomic E-state index is 13.8. The molecule has 30 heavy (non-hydrogen) atoms. The molecule has 1 aliphatic carbocycles. The number of fused-ring (bicyclic) bond motifs is 2. The van der Waals surface area contributed by atoms with Crippen LogP contribution < -0.4 is 5.30 Å². The number of ketones is 2. The molecule has 0 fully saturated rings. The summed E-state index contributed by atoms with van der Waals surface area (Å²) in [5.41, 5.74) is 0.720. The summed E-state index contributed by atoms with van der Waals surface area (Å²) in [5, 5.41) is 0.240. The lowest BCUT2D eigenvalue weighted by Gasteiger charge is -2.20. The zero-order chi connectivity index (χ0) is 21.5. The highest BCUT2D eigenvalue weighted by atomic mass is 35.5. The van der Waals surface area contributed by atoms with Crippen LogP contribution in [0.25, 0.3) is 11.3 Å². The molecule has 6 nitrogen and oxygen atoms in total. The molecule has 0 saturated carbocycles. The van der Waals surface area contributed by atoms with E-state index in [0.29, 0.717) is 10.6 Å². The summed E-state index contributed by atoms with van der Waals surface area (Å²) in [4.78, 5) is 26.5. The molecule has 1 aromatic heterocycles. The highest BCUT2D eigenvalue weighted by molar-refractivity contribution is 7.62. The van der Waals surface area contributed by atoms with E-state index in [4.69, 9.17) is 25.1 Å². The summed E-state index contributed by atoms with van der Waals surface area (Å²) in [6, 6.07) is 13.2. The van der Waals surface area contributed by atoms with Crippen LogP contribution in [0.4, 0.5) is 0 Å². The van der Waals surface area contributed by atoms with E-state index in [-0.39, 0.29) is 46.7 Å². The van der Waals surface area contributed by atoms with Crippen molar-refractivity contribution in [1.82, 2.24) is 0 Å². The van der Waals surface area contributed by atoms with Gasteiger partial charge in [-0.2, -0.15) is 0 Å². The predicted molar refractivity (Wildman–Crippen MR) is 113 cm³/mol. The van der Waals surface area contributed by atoms with Gasteiger partial charge in [0.2, 0.25) is 5.78 Å². The first-order chi connectivity index (χ1) is 14.4. The lowest BCUT2D eigenvalue weighted by molar-refractivity contribution is 0.0961. The number of hydrogen-bond acceptors (Lipinski definition) is 6. The minimum Gasteiger partial charge on any atom is -0.451 e. The third-order valence-corrected chi connectivity index (χ3v) is 7.22. The van der Waals surface area contributed by atoms with Crippen molar-refractivity contribution in [2.45, 2.75) is 13.8 Å². The third kappa shape index (κ3) is 3.17. The van der Waals surface area contributed by atoms with Crippen molar-refractivity contribution in [3.8, 4) is 11.3 Å². The minimum atomic E-state index is -4.01. The molecule has 2 aromatic carbocycles. The quantitative estimate of drug-likeness (QED) is 0.377. The third-order valence-electron chi connectivity index (χ3n) is 4.72. The average Bonchev–Trinajstić information content (AvgIpc) is 3.14. The molecule has 0 spiro atoms. The Morgan fingerprint density at radius 1 is 0.833 bits per heavy atom. The van der Waals surface area contributed by atoms with Crippen LogP contribution in [-0.4, -0.2) is 24.8 Å². The lowest BCUT2D eigenvalue weighted by Crippen LogP contribution is -2.26. The average molecular weight is 445 g/mol. The van der Waals surface area contributed by atoms with Gasteiger partial charge in [-0.25, -0.2) is 0 Å². The van der Waals surface area contributed by atoms with Crippen molar-refractivity contribution in [1.29, 1.82) is 0 Å². The Kier molecular flexibility index (Phi) is 5.51. The van der Waals surface area contributed by atoms with Gasteiger partial charge in [0.15, 0.2) is 17.3 Å². The molecule has 0 N–H and O–H groups in total. The molecular weight excluding hydrogens is 427 g/mol. The van der Waals surface area contributed by atoms with Crippen molar-refractivity contribution in [2.24, 2.45) is 0 Å². The van der Waals surface area contributed by atoms with E-state index in [1.807, 2.05) is 0 Å². The largest absolute Gasteiger partial charge is 0.451 e. The maximum atomic E-state index is 13.8. The number of benzene rings is 2. The van der Waals surface area contributed by atoms with Crippen molar-refractivity contribution >= 4 is 36.1 Å². The molecule has 0 bridgehead atoms. The molecule has 3 aromatic rings. The monoisotopic (exact) mass is 444 g/mol. The number of halogens is 1. The second-order valence-corrected chi connectivity index (χ2v) is 8.87. The first-order valence-corrected chi connectivity index (χ1v) is 11.3. The van der Waals surface area contributed by atoms with Gasteiger partial charge in [-0.05, 0) is 26.0 Å². The van der Waals surface area contributed by atoms with Gasteiger partial charge in [-0.1, -0.05) is 48.0 Å². The second-order valence-electron chi connectivity index (χ2n) is 6.50. The summed E-state index contributed by atoms with van der Waals surface area (Å²) < 4.78 is 30.7. The zero-order valence-electron chi connectivity index (χ0n) is 16.3. The van der Waals surface area contributed by atoms with Gasteiger partial charge in [0, 0.05) is 16.7 Å². The summed E-state index contributed by atoms with van der Waals surface area (Å²) >= 11 is 6.36. The van der Waals surface area contributed by atoms with Crippen LogP contribution in [0, 0.1) is 0 Å². The molecule has 0 radical (unpaired) electrons. The fraction of sp³-hybridized carbons (Fsp3) is 0.182. The number of furan rings is 1. The molecule has 4 rings (SSSR count). The number of rotatable bonds is 6. The number of carbonyl (C=O) groups excluding carboxylic acids is 2. The highest BCUT2D eigenvalue weighted by Crippen LogP contribution is 2.53. The first kappa shape index (κ1) is 20.8. The topological polar surface area (TPSA) is 82.8 Å². The summed E-state index contributed by atoms with van der Waals surface area (Å²) in [7, 11) is -4.01. The lowest BCUT2D eigenvalue weighted by atomic mass is 9.88. The van der Waals surface area contributed by atoms with Crippen molar-refractivity contribution in [2.75, 3.05) is 13.2 Å². The first-order valence-electron chi connectivity index (χ1n) is 9.42. The fourth-order valence-corrected chi connectivity index (χ4v) is 5.65. The van der Waals surface area contributed by atoms with Crippen LogP contribution >= 0.6 is 19.2 Å². The molecule has 8 heteroatoms. The Bertz CT molecular complexity index is 1200. The van der Waals surface area contributed by atoms with Gasteiger partial charge in [-0.3, -0.25) is 14.2 Å². The Hall–Kier alpha value is -2.50. The zero-order valence-corrected chi connectivity index (χ0v) is 18.0. The van der Waals surface area contributed by atoms with Crippen LogP contribution in [0.1, 0.15) is 45.9 Å². The van der Waals surface area contributed by atoms with Gasteiger partial charge in [0.1, 0.15) is 5.30 Å². The molecule has 0 atom stereocenters. The van der Waals surface area contributed by atoms with E-state index >= 15 is 0 Å². The van der Waals surface area contributed by atoms with Crippen LogP contribution in [0.3, 0.4) is 0 Å². The molecule has 1 heterocycles. The van der Waals surface area contributed by atoms with E-state index in [9.17, 15) is 14.2 Å². The van der Waals surface area contributed by atoms with E-state index in [1.165, 1.54) is 0 Å². The maximum Gasteiger partial charge on any atom is 0.366 e. The second kappa shape index (κ2) is 7.97. The van der Waals surface area contributed by atoms with Gasteiger partial charge in [-0.15, -0.1) is 0 Å². The van der Waals surface area contributed by atoms with Gasteiger partial charge >= 0.3 is 7.60 Å². The normalized spacial score (nSPS) is 13.3. The Morgan fingerprint density at radius 2 is 1.37 bits per heavy atom. The fourth-order valence-electron chi connectivity index (χ4n) is 3.52. The van der Waals surface area contributed by atoms with Crippen molar-refractivity contribution in [3.05, 3.63) is 76.0 Å². The molecular formula is C22H18ClO6P. The molecule has 0 saturated heterocycles. The predicted octanol–water partition coefficient (Wildman–Crippen LogP) is 5.27. The molecule has 154 valence electrons. The minimum absolute atomic E-state index is 0.0327.